The minimum absolute atomic E-state index is 0.0508. The average Bonchev–Trinajstić information content (AvgIpc) is 2.29. The molecule has 0 aliphatic heterocycles. The Kier molecular flexibility index (Phi) is 4.55. The number of hydrogen-bond donors (Lipinski definition) is 1. The zero-order chi connectivity index (χ0) is 12.2. The smallest absolute Gasteiger partial charge is 0.0840 e. The lowest BCUT2D eigenvalue weighted by molar-refractivity contribution is 0.0465. The molecule has 1 aromatic rings. The molecule has 0 radical (unpaired) electrons. The molecule has 1 heteroatoms. The quantitative estimate of drug-likeness (QED) is 0.791. The Morgan fingerprint density at radius 3 is 2.50 bits per heavy atom. The fourth-order valence-corrected chi connectivity index (χ4v) is 1.85. The Morgan fingerprint density at radius 1 is 1.25 bits per heavy atom. The summed E-state index contributed by atoms with van der Waals surface area (Å²) in [4.78, 5) is 0. The van der Waals surface area contributed by atoms with Crippen molar-refractivity contribution in [1.82, 2.24) is 0 Å². The molecule has 0 saturated heterocycles. The van der Waals surface area contributed by atoms with Crippen LogP contribution in [-0.4, -0.2) is 5.11 Å². The van der Waals surface area contributed by atoms with Crippen LogP contribution in [0, 0.1) is 5.41 Å². The molecule has 1 aromatic carbocycles. The van der Waals surface area contributed by atoms with Gasteiger partial charge in [-0.05, 0) is 29.4 Å². The zero-order valence-corrected chi connectivity index (χ0v) is 11.0. The summed E-state index contributed by atoms with van der Waals surface area (Å²) in [7, 11) is 0. The van der Waals surface area contributed by atoms with Crippen LogP contribution in [0.1, 0.15) is 57.8 Å². The fraction of sp³-hybridized carbons (Fsp3) is 0.600. The topological polar surface area (TPSA) is 20.2 Å². The molecule has 1 N–H and O–H groups in total. The second-order valence-electron chi connectivity index (χ2n) is 5.24. The molecule has 0 amide bonds. The standard InChI is InChI=1S/C15H24O/c1-5-8-12-9-7-10-13(11-12)14(16)15(3,4)6-2/h7,9-11,14,16H,5-6,8H2,1-4H3. The predicted molar refractivity (Wildman–Crippen MR) is 69.5 cm³/mol. The highest BCUT2D eigenvalue weighted by Gasteiger charge is 2.27. The van der Waals surface area contributed by atoms with Crippen molar-refractivity contribution in [3.63, 3.8) is 0 Å². The minimum atomic E-state index is -0.366. The summed E-state index contributed by atoms with van der Waals surface area (Å²) in [6, 6.07) is 8.36. The van der Waals surface area contributed by atoms with Crippen LogP contribution in [0.25, 0.3) is 0 Å². The van der Waals surface area contributed by atoms with Gasteiger partial charge in [0.2, 0.25) is 0 Å². The summed E-state index contributed by atoms with van der Waals surface area (Å²) in [5.74, 6) is 0. The van der Waals surface area contributed by atoms with Gasteiger partial charge in [-0.25, -0.2) is 0 Å². The normalized spacial score (nSPS) is 13.8. The van der Waals surface area contributed by atoms with Crippen LogP contribution in [0.4, 0.5) is 0 Å². The number of benzene rings is 1. The van der Waals surface area contributed by atoms with Gasteiger partial charge in [0.05, 0.1) is 6.10 Å². The van der Waals surface area contributed by atoms with Crippen molar-refractivity contribution < 1.29 is 5.11 Å². The minimum Gasteiger partial charge on any atom is -0.388 e. The number of rotatable bonds is 5. The molecule has 0 saturated carbocycles. The van der Waals surface area contributed by atoms with Gasteiger partial charge in [0, 0.05) is 0 Å². The Labute approximate surface area is 99.5 Å². The van der Waals surface area contributed by atoms with Gasteiger partial charge >= 0.3 is 0 Å². The van der Waals surface area contributed by atoms with Gasteiger partial charge in [-0.3, -0.25) is 0 Å². The number of aliphatic hydroxyl groups excluding tert-OH is 1. The summed E-state index contributed by atoms with van der Waals surface area (Å²) in [6.07, 6.45) is 2.85. The highest BCUT2D eigenvalue weighted by atomic mass is 16.3. The van der Waals surface area contributed by atoms with Gasteiger partial charge in [-0.1, -0.05) is 58.4 Å². The highest BCUT2D eigenvalue weighted by Crippen LogP contribution is 2.36. The third kappa shape index (κ3) is 3.08. The second-order valence-corrected chi connectivity index (χ2v) is 5.24. The molecule has 90 valence electrons. The van der Waals surface area contributed by atoms with Gasteiger partial charge in [0.15, 0.2) is 0 Å². The lowest BCUT2D eigenvalue weighted by Gasteiger charge is -2.29. The van der Waals surface area contributed by atoms with Crippen LogP contribution >= 0.6 is 0 Å². The zero-order valence-electron chi connectivity index (χ0n) is 11.0. The average molecular weight is 220 g/mol. The van der Waals surface area contributed by atoms with Crippen LogP contribution in [0.15, 0.2) is 24.3 Å². The number of aryl methyl sites for hydroxylation is 1. The van der Waals surface area contributed by atoms with Crippen molar-refractivity contribution >= 4 is 0 Å². The monoisotopic (exact) mass is 220 g/mol. The third-order valence-corrected chi connectivity index (χ3v) is 3.46. The van der Waals surface area contributed by atoms with E-state index in [1.807, 2.05) is 6.07 Å². The van der Waals surface area contributed by atoms with E-state index in [-0.39, 0.29) is 11.5 Å². The van der Waals surface area contributed by atoms with E-state index in [9.17, 15) is 5.11 Å². The predicted octanol–water partition coefficient (Wildman–Crippen LogP) is 4.11. The molecule has 1 unspecified atom stereocenters. The van der Waals surface area contributed by atoms with Crippen molar-refractivity contribution in [2.75, 3.05) is 0 Å². The molecule has 0 spiro atoms. The lowest BCUT2D eigenvalue weighted by Crippen LogP contribution is -2.21. The molecular weight excluding hydrogens is 196 g/mol. The molecule has 1 nitrogen and oxygen atoms in total. The molecule has 0 aromatic heterocycles. The summed E-state index contributed by atoms with van der Waals surface area (Å²) in [5, 5.41) is 10.3. The first kappa shape index (κ1) is 13.2. The Hall–Kier alpha value is -0.820. The largest absolute Gasteiger partial charge is 0.388 e. The van der Waals surface area contributed by atoms with E-state index in [0.29, 0.717) is 0 Å². The molecule has 0 heterocycles. The summed E-state index contributed by atoms with van der Waals surface area (Å²) in [6.45, 7) is 8.53. The van der Waals surface area contributed by atoms with Gasteiger partial charge in [0.25, 0.3) is 0 Å². The Morgan fingerprint density at radius 2 is 1.94 bits per heavy atom. The van der Waals surface area contributed by atoms with E-state index in [1.165, 1.54) is 5.56 Å². The molecule has 0 fully saturated rings. The highest BCUT2D eigenvalue weighted by molar-refractivity contribution is 5.26. The van der Waals surface area contributed by atoms with Crippen LogP contribution < -0.4 is 0 Å². The van der Waals surface area contributed by atoms with Crippen molar-refractivity contribution in [3.8, 4) is 0 Å². The van der Waals surface area contributed by atoms with Crippen LogP contribution in [0.5, 0.6) is 0 Å². The van der Waals surface area contributed by atoms with Gasteiger partial charge < -0.3 is 5.11 Å². The van der Waals surface area contributed by atoms with Crippen molar-refractivity contribution in [2.45, 2.75) is 53.1 Å². The third-order valence-electron chi connectivity index (χ3n) is 3.46. The van der Waals surface area contributed by atoms with Crippen molar-refractivity contribution in [2.24, 2.45) is 5.41 Å². The van der Waals surface area contributed by atoms with E-state index in [0.717, 1.165) is 24.8 Å². The molecule has 16 heavy (non-hydrogen) atoms. The van der Waals surface area contributed by atoms with Crippen LogP contribution in [-0.2, 0) is 6.42 Å². The molecule has 0 aliphatic rings. The Balaban J connectivity index is 2.91. The van der Waals surface area contributed by atoms with Crippen molar-refractivity contribution in [3.05, 3.63) is 35.4 Å². The summed E-state index contributed by atoms with van der Waals surface area (Å²) < 4.78 is 0. The fourth-order valence-electron chi connectivity index (χ4n) is 1.85. The van der Waals surface area contributed by atoms with E-state index in [2.05, 4.69) is 45.9 Å². The molecule has 0 bridgehead atoms. The Bertz CT molecular complexity index is 328. The van der Waals surface area contributed by atoms with E-state index >= 15 is 0 Å². The van der Waals surface area contributed by atoms with Crippen LogP contribution in [0.2, 0.25) is 0 Å². The van der Waals surface area contributed by atoms with Gasteiger partial charge in [-0.2, -0.15) is 0 Å². The molecular formula is C15H24O. The first-order valence-electron chi connectivity index (χ1n) is 6.28. The molecule has 0 aliphatic carbocycles. The summed E-state index contributed by atoms with van der Waals surface area (Å²) in [5.41, 5.74) is 2.33. The van der Waals surface area contributed by atoms with E-state index in [1.54, 1.807) is 0 Å². The van der Waals surface area contributed by atoms with Crippen LogP contribution in [0.3, 0.4) is 0 Å². The lowest BCUT2D eigenvalue weighted by atomic mass is 9.80. The summed E-state index contributed by atoms with van der Waals surface area (Å²) >= 11 is 0. The van der Waals surface area contributed by atoms with E-state index in [4.69, 9.17) is 0 Å². The first-order chi connectivity index (χ1) is 7.51. The first-order valence-corrected chi connectivity index (χ1v) is 6.28. The number of hydrogen-bond acceptors (Lipinski definition) is 1. The van der Waals surface area contributed by atoms with Gasteiger partial charge in [0.1, 0.15) is 0 Å². The number of aliphatic hydroxyl groups is 1. The SMILES string of the molecule is CCCc1cccc(C(O)C(C)(C)CC)c1. The maximum absolute atomic E-state index is 10.3. The van der Waals surface area contributed by atoms with Crippen molar-refractivity contribution in [1.29, 1.82) is 0 Å². The molecule has 1 atom stereocenters. The van der Waals surface area contributed by atoms with E-state index < -0.39 is 0 Å². The maximum Gasteiger partial charge on any atom is 0.0840 e. The molecule has 1 rings (SSSR count). The second kappa shape index (κ2) is 5.49. The van der Waals surface area contributed by atoms with Gasteiger partial charge in [-0.15, -0.1) is 0 Å². The maximum atomic E-state index is 10.3.